The standard InChI is InChI=1S/C24H26N2O.ClH/c1-3-26(4-2)22-17-15-21(16-18-22)25-23(19-11-7-5-8-12-19)24(27)20-13-9-6-10-14-20;/h5-18,23,25H,3-4H2,1-2H3;1H. The van der Waals surface area contributed by atoms with Crippen molar-refractivity contribution in [2.75, 3.05) is 23.3 Å². The molecular weight excluding hydrogens is 368 g/mol. The lowest BCUT2D eigenvalue weighted by molar-refractivity contribution is 0.0969. The monoisotopic (exact) mass is 394 g/mol. The van der Waals surface area contributed by atoms with E-state index >= 15 is 0 Å². The molecule has 0 saturated heterocycles. The van der Waals surface area contributed by atoms with Crippen LogP contribution in [0.4, 0.5) is 11.4 Å². The van der Waals surface area contributed by atoms with Crippen LogP contribution in [0.2, 0.25) is 0 Å². The predicted octanol–water partition coefficient (Wildman–Crippen LogP) is 5.99. The van der Waals surface area contributed by atoms with Gasteiger partial charge in [-0.3, -0.25) is 4.79 Å². The topological polar surface area (TPSA) is 32.3 Å². The van der Waals surface area contributed by atoms with Gasteiger partial charge in [0.2, 0.25) is 0 Å². The maximum atomic E-state index is 13.1. The van der Waals surface area contributed by atoms with Crippen LogP contribution >= 0.6 is 12.4 Å². The number of nitrogens with zero attached hydrogens (tertiary/aromatic N) is 1. The Bertz CT molecular complexity index is 847. The molecule has 0 saturated carbocycles. The number of ketones is 1. The average Bonchev–Trinajstić information content (AvgIpc) is 2.74. The van der Waals surface area contributed by atoms with Crippen molar-refractivity contribution >= 4 is 29.6 Å². The summed E-state index contributed by atoms with van der Waals surface area (Å²) >= 11 is 0. The van der Waals surface area contributed by atoms with Gasteiger partial charge in [0.15, 0.2) is 5.78 Å². The van der Waals surface area contributed by atoms with Crippen LogP contribution in [0, 0.1) is 0 Å². The molecular formula is C24H27ClN2O. The van der Waals surface area contributed by atoms with E-state index in [1.165, 1.54) is 5.69 Å². The first-order valence-corrected chi connectivity index (χ1v) is 9.48. The molecule has 0 aliphatic carbocycles. The Kier molecular flexibility index (Phi) is 8.09. The molecule has 1 N–H and O–H groups in total. The molecule has 0 fully saturated rings. The second-order valence-corrected chi connectivity index (χ2v) is 6.44. The highest BCUT2D eigenvalue weighted by molar-refractivity contribution is 6.02. The summed E-state index contributed by atoms with van der Waals surface area (Å²) < 4.78 is 0. The summed E-state index contributed by atoms with van der Waals surface area (Å²) in [4.78, 5) is 15.4. The third-order valence-corrected chi connectivity index (χ3v) is 4.76. The average molecular weight is 395 g/mol. The van der Waals surface area contributed by atoms with E-state index in [2.05, 4.69) is 36.2 Å². The molecule has 3 nitrogen and oxygen atoms in total. The van der Waals surface area contributed by atoms with Gasteiger partial charge in [-0.2, -0.15) is 0 Å². The molecule has 0 spiro atoms. The Labute approximate surface area is 173 Å². The SMILES string of the molecule is CCN(CC)c1ccc(NC(C(=O)c2ccccc2)c2ccccc2)cc1.Cl. The van der Waals surface area contributed by atoms with Crippen LogP contribution in [-0.2, 0) is 0 Å². The largest absolute Gasteiger partial charge is 0.372 e. The number of carbonyl (C=O) groups excluding carboxylic acids is 1. The maximum absolute atomic E-state index is 13.1. The lowest BCUT2D eigenvalue weighted by Crippen LogP contribution is -2.22. The molecule has 1 atom stereocenters. The van der Waals surface area contributed by atoms with Gasteiger partial charge < -0.3 is 10.2 Å². The van der Waals surface area contributed by atoms with Gasteiger partial charge >= 0.3 is 0 Å². The minimum Gasteiger partial charge on any atom is -0.372 e. The summed E-state index contributed by atoms with van der Waals surface area (Å²) in [6.07, 6.45) is 0. The zero-order valence-electron chi connectivity index (χ0n) is 16.3. The van der Waals surface area contributed by atoms with E-state index in [1.807, 2.05) is 72.8 Å². The van der Waals surface area contributed by atoms with Crippen molar-refractivity contribution in [1.82, 2.24) is 0 Å². The zero-order chi connectivity index (χ0) is 19.1. The van der Waals surface area contributed by atoms with E-state index in [9.17, 15) is 4.79 Å². The highest BCUT2D eigenvalue weighted by Gasteiger charge is 2.21. The Morgan fingerprint density at radius 2 is 1.36 bits per heavy atom. The van der Waals surface area contributed by atoms with Crippen LogP contribution in [-0.4, -0.2) is 18.9 Å². The third kappa shape index (κ3) is 5.14. The highest BCUT2D eigenvalue weighted by Crippen LogP contribution is 2.25. The normalized spacial score (nSPS) is 11.2. The molecule has 146 valence electrons. The van der Waals surface area contributed by atoms with Gasteiger partial charge in [-0.25, -0.2) is 0 Å². The first kappa shape index (κ1) is 21.5. The second kappa shape index (κ2) is 10.5. The van der Waals surface area contributed by atoms with Gasteiger partial charge in [0.05, 0.1) is 0 Å². The van der Waals surface area contributed by atoms with Crippen LogP contribution in [0.15, 0.2) is 84.9 Å². The fraction of sp³-hybridized carbons (Fsp3) is 0.208. The molecule has 0 aliphatic rings. The quantitative estimate of drug-likeness (QED) is 0.476. The Balaban J connectivity index is 0.00000280. The van der Waals surface area contributed by atoms with Crippen molar-refractivity contribution in [1.29, 1.82) is 0 Å². The molecule has 3 aromatic rings. The summed E-state index contributed by atoms with van der Waals surface area (Å²) in [6, 6.07) is 27.2. The Morgan fingerprint density at radius 1 is 0.821 bits per heavy atom. The van der Waals surface area contributed by atoms with Gasteiger partial charge in [0.1, 0.15) is 6.04 Å². The van der Waals surface area contributed by atoms with Crippen LogP contribution in [0.5, 0.6) is 0 Å². The number of anilines is 2. The number of Topliss-reactive ketones (excluding diaryl/α,β-unsaturated/α-hetero) is 1. The second-order valence-electron chi connectivity index (χ2n) is 6.44. The van der Waals surface area contributed by atoms with Crippen molar-refractivity contribution in [2.45, 2.75) is 19.9 Å². The van der Waals surface area contributed by atoms with Crippen molar-refractivity contribution in [3.8, 4) is 0 Å². The van der Waals surface area contributed by atoms with Gasteiger partial charge in [-0.05, 0) is 43.7 Å². The van der Waals surface area contributed by atoms with Gasteiger partial charge in [-0.15, -0.1) is 12.4 Å². The first-order chi connectivity index (χ1) is 13.2. The molecule has 4 heteroatoms. The van der Waals surface area contributed by atoms with E-state index in [0.29, 0.717) is 5.56 Å². The smallest absolute Gasteiger partial charge is 0.189 e. The van der Waals surface area contributed by atoms with Gasteiger partial charge in [0, 0.05) is 30.0 Å². The number of hydrogen-bond acceptors (Lipinski definition) is 3. The summed E-state index contributed by atoms with van der Waals surface area (Å²) in [5, 5.41) is 3.43. The molecule has 0 aromatic heterocycles. The zero-order valence-corrected chi connectivity index (χ0v) is 17.2. The molecule has 3 aromatic carbocycles. The number of hydrogen-bond donors (Lipinski definition) is 1. The fourth-order valence-corrected chi connectivity index (χ4v) is 3.24. The first-order valence-electron chi connectivity index (χ1n) is 9.48. The van der Waals surface area contributed by atoms with E-state index in [0.717, 1.165) is 24.3 Å². The van der Waals surface area contributed by atoms with E-state index in [4.69, 9.17) is 0 Å². The van der Waals surface area contributed by atoms with Gasteiger partial charge in [-0.1, -0.05) is 60.7 Å². The molecule has 28 heavy (non-hydrogen) atoms. The summed E-state index contributed by atoms with van der Waals surface area (Å²) in [6.45, 7) is 6.25. The molecule has 3 rings (SSSR count). The lowest BCUT2D eigenvalue weighted by Gasteiger charge is -2.23. The van der Waals surface area contributed by atoms with E-state index in [1.54, 1.807) is 0 Å². The summed E-state index contributed by atoms with van der Waals surface area (Å²) in [5.41, 5.74) is 3.79. The van der Waals surface area contributed by atoms with Crippen molar-refractivity contribution in [3.63, 3.8) is 0 Å². The number of halogens is 1. The van der Waals surface area contributed by atoms with Crippen LogP contribution in [0.3, 0.4) is 0 Å². The number of benzene rings is 3. The summed E-state index contributed by atoms with van der Waals surface area (Å²) in [7, 11) is 0. The molecule has 0 aliphatic heterocycles. The van der Waals surface area contributed by atoms with Gasteiger partial charge in [0.25, 0.3) is 0 Å². The summed E-state index contributed by atoms with van der Waals surface area (Å²) in [5.74, 6) is 0.0645. The molecule has 0 amide bonds. The predicted molar refractivity (Wildman–Crippen MR) is 121 cm³/mol. The molecule has 1 unspecified atom stereocenters. The van der Waals surface area contributed by atoms with Crippen LogP contribution in [0.25, 0.3) is 0 Å². The molecule has 0 bridgehead atoms. The number of nitrogens with one attached hydrogen (secondary N) is 1. The van der Waals surface area contributed by atoms with Crippen molar-refractivity contribution in [3.05, 3.63) is 96.1 Å². The minimum absolute atomic E-state index is 0. The van der Waals surface area contributed by atoms with Crippen LogP contribution < -0.4 is 10.2 Å². The highest BCUT2D eigenvalue weighted by atomic mass is 35.5. The minimum atomic E-state index is -0.423. The number of rotatable bonds is 8. The van der Waals surface area contributed by atoms with E-state index < -0.39 is 6.04 Å². The van der Waals surface area contributed by atoms with Crippen molar-refractivity contribution < 1.29 is 4.79 Å². The number of carbonyl (C=O) groups is 1. The Hall–Kier alpha value is -2.78. The Morgan fingerprint density at radius 3 is 1.89 bits per heavy atom. The van der Waals surface area contributed by atoms with E-state index in [-0.39, 0.29) is 18.2 Å². The van der Waals surface area contributed by atoms with Crippen molar-refractivity contribution in [2.24, 2.45) is 0 Å². The molecule has 0 radical (unpaired) electrons. The fourth-order valence-electron chi connectivity index (χ4n) is 3.24. The third-order valence-electron chi connectivity index (χ3n) is 4.76. The van der Waals surface area contributed by atoms with Crippen LogP contribution in [0.1, 0.15) is 35.8 Å². The molecule has 0 heterocycles. The lowest BCUT2D eigenvalue weighted by atomic mass is 9.97. The maximum Gasteiger partial charge on any atom is 0.189 e.